The number of piperidine rings is 2. The van der Waals surface area contributed by atoms with Crippen molar-refractivity contribution in [3.05, 3.63) is 48.0 Å². The number of sulfonamides is 1. The van der Waals surface area contributed by atoms with Gasteiger partial charge >= 0.3 is 0 Å². The van der Waals surface area contributed by atoms with E-state index < -0.39 is 16.6 Å². The monoisotopic (exact) mass is 512 g/mol. The van der Waals surface area contributed by atoms with Crippen molar-refractivity contribution in [2.45, 2.75) is 44.9 Å². The molecular weight excluding hydrogens is 476 g/mol. The highest BCUT2D eigenvalue weighted by Crippen LogP contribution is 2.54. The lowest BCUT2D eigenvalue weighted by atomic mass is 9.93. The Kier molecular flexibility index (Phi) is 7.12. The number of amides is 1. The van der Waals surface area contributed by atoms with Gasteiger partial charge in [0, 0.05) is 37.4 Å². The van der Waals surface area contributed by atoms with Crippen LogP contribution in [0.2, 0.25) is 0 Å². The maximum Gasteiger partial charge on any atom is 0.255 e. The van der Waals surface area contributed by atoms with Crippen LogP contribution < -0.4 is 19.8 Å². The summed E-state index contributed by atoms with van der Waals surface area (Å²) in [5.41, 5.74) is 4.08. The van der Waals surface area contributed by atoms with Crippen LogP contribution in [0, 0.1) is 5.41 Å². The molecule has 3 N–H and O–H groups in total. The highest BCUT2D eigenvalue weighted by Gasteiger charge is 2.44. The summed E-state index contributed by atoms with van der Waals surface area (Å²) in [6.07, 6.45) is 8.40. The molecule has 8 nitrogen and oxygen atoms in total. The molecule has 3 fully saturated rings. The molecule has 194 valence electrons. The Hall–Kier alpha value is -2.78. The molecule has 2 saturated heterocycles. The molecule has 1 saturated carbocycles. The van der Waals surface area contributed by atoms with Crippen molar-refractivity contribution in [3.8, 4) is 0 Å². The zero-order valence-corrected chi connectivity index (χ0v) is 21.5. The zero-order valence-electron chi connectivity index (χ0n) is 20.7. The Morgan fingerprint density at radius 2 is 1.67 bits per heavy atom. The van der Waals surface area contributed by atoms with Crippen LogP contribution in [0.1, 0.15) is 55.3 Å². The number of carbonyl (C=O) groups excluding carboxylic acids is 1. The fourth-order valence-electron chi connectivity index (χ4n) is 5.40. The molecule has 36 heavy (non-hydrogen) atoms. The molecule has 1 amide bonds. The van der Waals surface area contributed by atoms with E-state index in [1.807, 2.05) is 18.2 Å². The van der Waals surface area contributed by atoms with Crippen LogP contribution in [0.4, 0.5) is 22.7 Å². The minimum absolute atomic E-state index is 0.181. The normalized spacial score (nSPS) is 19.2. The van der Waals surface area contributed by atoms with Crippen LogP contribution in [0.15, 0.2) is 42.5 Å². The van der Waals surface area contributed by atoms with Crippen LogP contribution in [-0.2, 0) is 10.0 Å². The molecule has 0 unspecified atom stereocenters. The van der Waals surface area contributed by atoms with Gasteiger partial charge in [-0.1, -0.05) is 6.07 Å². The van der Waals surface area contributed by atoms with Crippen LogP contribution >= 0.6 is 0 Å². The third kappa shape index (κ3) is 5.78. The first-order valence-electron chi connectivity index (χ1n) is 13.0. The number of hydrogen-bond acceptors (Lipinski definition) is 6. The summed E-state index contributed by atoms with van der Waals surface area (Å²) >= 11 is 0. The minimum Gasteiger partial charge on any atom is -0.395 e. The Bertz CT molecular complexity index is 1200. The average Bonchev–Trinajstić information content (AvgIpc) is 3.64. The number of benzene rings is 2. The molecule has 1 aliphatic carbocycles. The summed E-state index contributed by atoms with van der Waals surface area (Å²) in [4.78, 5) is 17.9. The summed E-state index contributed by atoms with van der Waals surface area (Å²) in [6, 6.07) is 13.0. The van der Waals surface area contributed by atoms with Gasteiger partial charge in [-0.15, -0.1) is 0 Å². The number of anilines is 4. The molecule has 3 aliphatic rings. The van der Waals surface area contributed by atoms with Gasteiger partial charge in [0.05, 0.1) is 29.4 Å². The summed E-state index contributed by atoms with van der Waals surface area (Å²) in [6.45, 7) is 3.33. The molecule has 0 aromatic heterocycles. The van der Waals surface area contributed by atoms with Crippen molar-refractivity contribution in [1.82, 2.24) is 0 Å². The van der Waals surface area contributed by atoms with Crippen molar-refractivity contribution in [2.24, 2.45) is 5.41 Å². The smallest absolute Gasteiger partial charge is 0.255 e. The SMILES string of the molecule is O=C(Nc1ccc(NS(=O)(=O)CCO)cc1N1CCC2(CC1)CC2)c1cccc(N2CCCCC2)c1. The van der Waals surface area contributed by atoms with E-state index in [4.69, 9.17) is 5.11 Å². The van der Waals surface area contributed by atoms with E-state index in [9.17, 15) is 13.2 Å². The van der Waals surface area contributed by atoms with Gasteiger partial charge in [-0.25, -0.2) is 8.42 Å². The Balaban J connectivity index is 1.38. The van der Waals surface area contributed by atoms with Gasteiger partial charge in [-0.05, 0) is 86.8 Å². The van der Waals surface area contributed by atoms with Crippen LogP contribution in [-0.4, -0.2) is 58.0 Å². The Morgan fingerprint density at radius 1 is 0.917 bits per heavy atom. The maximum atomic E-state index is 13.3. The van der Waals surface area contributed by atoms with Gasteiger partial charge in [-0.2, -0.15) is 0 Å². The first-order chi connectivity index (χ1) is 17.4. The molecule has 0 bridgehead atoms. The molecule has 2 aromatic rings. The molecule has 2 heterocycles. The number of hydrogen-bond donors (Lipinski definition) is 3. The van der Waals surface area contributed by atoms with E-state index in [0.717, 1.165) is 50.4 Å². The Morgan fingerprint density at radius 3 is 2.36 bits per heavy atom. The lowest BCUT2D eigenvalue weighted by molar-refractivity contribution is 0.102. The highest BCUT2D eigenvalue weighted by atomic mass is 32.2. The van der Waals surface area contributed by atoms with Gasteiger partial charge in [-0.3, -0.25) is 9.52 Å². The van der Waals surface area contributed by atoms with E-state index in [1.165, 1.54) is 32.1 Å². The molecule has 0 radical (unpaired) electrons. The van der Waals surface area contributed by atoms with E-state index in [2.05, 4.69) is 25.9 Å². The number of aliphatic hydroxyl groups excluding tert-OH is 1. The largest absolute Gasteiger partial charge is 0.395 e. The predicted molar refractivity (Wildman–Crippen MR) is 145 cm³/mol. The van der Waals surface area contributed by atoms with Gasteiger partial charge in [0.1, 0.15) is 0 Å². The van der Waals surface area contributed by atoms with Crippen molar-refractivity contribution >= 4 is 38.7 Å². The highest BCUT2D eigenvalue weighted by molar-refractivity contribution is 7.92. The molecule has 0 atom stereocenters. The Labute approximate surface area is 213 Å². The predicted octanol–water partition coefficient (Wildman–Crippen LogP) is 4.04. The van der Waals surface area contributed by atoms with E-state index in [0.29, 0.717) is 22.4 Å². The summed E-state index contributed by atoms with van der Waals surface area (Å²) in [5.74, 6) is -0.542. The number of rotatable bonds is 8. The first kappa shape index (κ1) is 24.9. The van der Waals surface area contributed by atoms with Crippen molar-refractivity contribution in [3.63, 3.8) is 0 Å². The summed E-state index contributed by atoms with van der Waals surface area (Å²) in [5, 5.41) is 12.2. The second kappa shape index (κ2) is 10.3. The number of aliphatic hydroxyl groups is 1. The van der Waals surface area contributed by atoms with Crippen LogP contribution in [0.25, 0.3) is 0 Å². The van der Waals surface area contributed by atoms with E-state index in [1.54, 1.807) is 18.2 Å². The van der Waals surface area contributed by atoms with Crippen LogP contribution in [0.5, 0.6) is 0 Å². The van der Waals surface area contributed by atoms with Gasteiger partial charge in [0.15, 0.2) is 0 Å². The number of carbonyl (C=O) groups is 1. The molecule has 9 heteroatoms. The van der Waals surface area contributed by atoms with Gasteiger partial charge in [0.2, 0.25) is 10.0 Å². The fourth-order valence-corrected chi connectivity index (χ4v) is 6.23. The average molecular weight is 513 g/mol. The van der Waals surface area contributed by atoms with Crippen molar-refractivity contribution in [2.75, 3.05) is 58.4 Å². The second-order valence-electron chi connectivity index (χ2n) is 10.4. The summed E-state index contributed by atoms with van der Waals surface area (Å²) < 4.78 is 27.0. The molecular formula is C27H36N4O4S. The number of nitrogens with zero attached hydrogens (tertiary/aromatic N) is 2. The van der Waals surface area contributed by atoms with Crippen molar-refractivity contribution in [1.29, 1.82) is 0 Å². The third-order valence-corrected chi connectivity index (χ3v) is 9.10. The number of nitrogens with one attached hydrogen (secondary N) is 2. The van der Waals surface area contributed by atoms with Gasteiger partial charge < -0.3 is 20.2 Å². The molecule has 2 aliphatic heterocycles. The maximum absolute atomic E-state index is 13.3. The lowest BCUT2D eigenvalue weighted by Crippen LogP contribution is -2.35. The quantitative estimate of drug-likeness (QED) is 0.493. The zero-order chi connectivity index (χ0) is 25.2. The summed E-state index contributed by atoms with van der Waals surface area (Å²) in [7, 11) is -3.65. The first-order valence-corrected chi connectivity index (χ1v) is 14.7. The van der Waals surface area contributed by atoms with Gasteiger partial charge in [0.25, 0.3) is 5.91 Å². The standard InChI is InChI=1S/C27H36N4O4S/c32-17-18-36(34,35)29-22-7-8-24(25(20-22)31-15-11-27(9-10-27)12-16-31)28-26(33)21-5-4-6-23(19-21)30-13-2-1-3-14-30/h4-8,19-20,29,32H,1-3,9-18H2,(H,28,33). The molecule has 1 spiro atoms. The molecule has 5 rings (SSSR count). The van der Waals surface area contributed by atoms with E-state index >= 15 is 0 Å². The minimum atomic E-state index is -3.65. The second-order valence-corrected chi connectivity index (χ2v) is 12.3. The lowest BCUT2D eigenvalue weighted by Gasteiger charge is -2.35. The molecule has 2 aromatic carbocycles. The topological polar surface area (TPSA) is 102 Å². The van der Waals surface area contributed by atoms with Crippen molar-refractivity contribution < 1.29 is 18.3 Å². The fraction of sp³-hybridized carbons (Fsp3) is 0.519. The van der Waals surface area contributed by atoms with Crippen LogP contribution in [0.3, 0.4) is 0 Å². The van der Waals surface area contributed by atoms with E-state index in [-0.39, 0.29) is 11.7 Å². The third-order valence-electron chi connectivity index (χ3n) is 7.83.